The molecule has 1 rings (SSSR count). The van der Waals surface area contributed by atoms with E-state index in [4.69, 9.17) is 0 Å². The third-order valence-electron chi connectivity index (χ3n) is 2.96. The Hall–Kier alpha value is -0.720. The zero-order valence-corrected chi connectivity index (χ0v) is 13.5. The summed E-state index contributed by atoms with van der Waals surface area (Å²) < 4.78 is 0. The molecule has 1 atom stereocenters. The van der Waals surface area contributed by atoms with Crippen LogP contribution in [0.3, 0.4) is 0 Å². The first-order chi connectivity index (χ1) is 8.62. The standard InChI is InChI=1S/C12H22N4OS.ClH/c1-5-9(6-2)11-15-16-12(18-11)14-10(17)8(3)7-13-4;/h8-9,13H,5-7H2,1-4H3,(H,14,16,17);1H. The van der Waals surface area contributed by atoms with Crippen LogP contribution in [0.1, 0.15) is 44.5 Å². The molecule has 1 aromatic rings. The van der Waals surface area contributed by atoms with Crippen LogP contribution in [0.15, 0.2) is 0 Å². The number of carbonyl (C=O) groups is 1. The maximum atomic E-state index is 11.8. The SMILES string of the molecule is CCC(CC)c1nnc(NC(=O)C(C)CNC)s1.Cl. The Morgan fingerprint density at radius 1 is 1.32 bits per heavy atom. The predicted octanol–water partition coefficient (Wildman–Crippen LogP) is 2.66. The fourth-order valence-corrected chi connectivity index (χ4v) is 2.73. The van der Waals surface area contributed by atoms with E-state index in [9.17, 15) is 4.79 Å². The van der Waals surface area contributed by atoms with E-state index in [1.54, 1.807) is 0 Å². The van der Waals surface area contributed by atoms with Crippen molar-refractivity contribution in [3.8, 4) is 0 Å². The van der Waals surface area contributed by atoms with Crippen molar-refractivity contribution in [2.24, 2.45) is 5.92 Å². The lowest BCUT2D eigenvalue weighted by molar-refractivity contribution is -0.119. The highest BCUT2D eigenvalue weighted by molar-refractivity contribution is 7.15. The fourth-order valence-electron chi connectivity index (χ4n) is 1.72. The minimum absolute atomic E-state index is 0. The van der Waals surface area contributed by atoms with Crippen LogP contribution in [0.25, 0.3) is 0 Å². The van der Waals surface area contributed by atoms with Crippen molar-refractivity contribution in [1.29, 1.82) is 0 Å². The summed E-state index contributed by atoms with van der Waals surface area (Å²) >= 11 is 1.48. The number of aromatic nitrogens is 2. The van der Waals surface area contributed by atoms with Crippen LogP contribution in [0.5, 0.6) is 0 Å². The summed E-state index contributed by atoms with van der Waals surface area (Å²) in [5.41, 5.74) is 0. The van der Waals surface area contributed by atoms with Gasteiger partial charge >= 0.3 is 0 Å². The highest BCUT2D eigenvalue weighted by Crippen LogP contribution is 2.28. The zero-order chi connectivity index (χ0) is 13.5. The van der Waals surface area contributed by atoms with Gasteiger partial charge in [-0.3, -0.25) is 4.79 Å². The number of hydrogen-bond acceptors (Lipinski definition) is 5. The number of hydrogen-bond donors (Lipinski definition) is 2. The summed E-state index contributed by atoms with van der Waals surface area (Å²) in [5.74, 6) is 0.356. The zero-order valence-electron chi connectivity index (χ0n) is 11.9. The van der Waals surface area contributed by atoms with Crippen LogP contribution < -0.4 is 10.6 Å². The smallest absolute Gasteiger partial charge is 0.230 e. The van der Waals surface area contributed by atoms with E-state index >= 15 is 0 Å². The average molecular weight is 307 g/mol. The van der Waals surface area contributed by atoms with Gasteiger partial charge in [0.05, 0.1) is 0 Å². The van der Waals surface area contributed by atoms with Crippen LogP contribution in [-0.4, -0.2) is 29.7 Å². The van der Waals surface area contributed by atoms with E-state index in [-0.39, 0.29) is 24.2 Å². The normalized spacial score (nSPS) is 12.1. The van der Waals surface area contributed by atoms with Crippen molar-refractivity contribution < 1.29 is 4.79 Å². The Morgan fingerprint density at radius 2 is 1.95 bits per heavy atom. The molecule has 0 aliphatic heterocycles. The first kappa shape index (κ1) is 18.3. The summed E-state index contributed by atoms with van der Waals surface area (Å²) in [7, 11) is 1.83. The Balaban J connectivity index is 0.00000324. The van der Waals surface area contributed by atoms with E-state index in [1.807, 2.05) is 14.0 Å². The van der Waals surface area contributed by atoms with Gasteiger partial charge in [-0.1, -0.05) is 32.1 Å². The molecule has 5 nitrogen and oxygen atoms in total. The summed E-state index contributed by atoms with van der Waals surface area (Å²) in [6, 6.07) is 0. The molecule has 0 radical (unpaired) electrons. The molecule has 19 heavy (non-hydrogen) atoms. The van der Waals surface area contributed by atoms with Gasteiger partial charge in [0.25, 0.3) is 0 Å². The molecule has 0 aromatic carbocycles. The summed E-state index contributed by atoms with van der Waals surface area (Å²) in [6.07, 6.45) is 2.10. The van der Waals surface area contributed by atoms with E-state index in [2.05, 4.69) is 34.7 Å². The monoisotopic (exact) mass is 306 g/mol. The summed E-state index contributed by atoms with van der Waals surface area (Å²) in [5, 5.41) is 15.6. The molecule has 0 saturated carbocycles. The predicted molar refractivity (Wildman–Crippen MR) is 82.2 cm³/mol. The first-order valence-corrected chi connectivity index (χ1v) is 7.22. The first-order valence-electron chi connectivity index (χ1n) is 6.41. The second kappa shape index (κ2) is 9.23. The molecule has 1 heterocycles. The van der Waals surface area contributed by atoms with Crippen molar-refractivity contribution >= 4 is 34.8 Å². The van der Waals surface area contributed by atoms with Crippen LogP contribution >= 0.6 is 23.7 Å². The molecule has 0 fully saturated rings. The van der Waals surface area contributed by atoms with Crippen LogP contribution in [-0.2, 0) is 4.79 Å². The molecule has 0 aliphatic carbocycles. The lowest BCUT2D eigenvalue weighted by Crippen LogP contribution is -2.28. The number of nitrogens with zero attached hydrogens (tertiary/aromatic N) is 2. The second-order valence-electron chi connectivity index (χ2n) is 4.41. The van der Waals surface area contributed by atoms with E-state index < -0.39 is 0 Å². The van der Waals surface area contributed by atoms with E-state index in [0.717, 1.165) is 17.8 Å². The van der Waals surface area contributed by atoms with Crippen molar-refractivity contribution in [3.63, 3.8) is 0 Å². The molecule has 1 unspecified atom stereocenters. The number of anilines is 1. The summed E-state index contributed by atoms with van der Waals surface area (Å²) in [6.45, 7) is 6.82. The third-order valence-corrected chi connectivity index (χ3v) is 3.96. The van der Waals surface area contributed by atoms with Crippen LogP contribution in [0, 0.1) is 5.92 Å². The van der Waals surface area contributed by atoms with Crippen molar-refractivity contribution in [2.75, 3.05) is 18.9 Å². The average Bonchev–Trinajstić information content (AvgIpc) is 2.79. The van der Waals surface area contributed by atoms with Crippen molar-refractivity contribution in [3.05, 3.63) is 5.01 Å². The molecule has 0 bridgehead atoms. The maximum absolute atomic E-state index is 11.8. The Kier molecular flexibility index (Phi) is 8.88. The van der Waals surface area contributed by atoms with Gasteiger partial charge in [-0.05, 0) is 19.9 Å². The molecule has 0 spiro atoms. The number of rotatable bonds is 7. The topological polar surface area (TPSA) is 66.9 Å². The number of halogens is 1. The van der Waals surface area contributed by atoms with Crippen LogP contribution in [0.2, 0.25) is 0 Å². The van der Waals surface area contributed by atoms with Gasteiger partial charge in [-0.25, -0.2) is 0 Å². The van der Waals surface area contributed by atoms with Crippen LogP contribution in [0.4, 0.5) is 5.13 Å². The minimum Gasteiger partial charge on any atom is -0.319 e. The number of nitrogens with one attached hydrogen (secondary N) is 2. The van der Waals surface area contributed by atoms with Gasteiger partial charge in [0, 0.05) is 18.4 Å². The maximum Gasteiger partial charge on any atom is 0.230 e. The van der Waals surface area contributed by atoms with Gasteiger partial charge in [0.2, 0.25) is 11.0 Å². The van der Waals surface area contributed by atoms with Gasteiger partial charge in [-0.2, -0.15) is 0 Å². The highest BCUT2D eigenvalue weighted by Gasteiger charge is 2.17. The van der Waals surface area contributed by atoms with Gasteiger partial charge in [0.15, 0.2) is 0 Å². The Bertz CT molecular complexity index is 382. The Labute approximate surface area is 125 Å². The van der Waals surface area contributed by atoms with Gasteiger partial charge in [0.1, 0.15) is 5.01 Å². The lowest BCUT2D eigenvalue weighted by Gasteiger charge is -2.09. The number of carbonyl (C=O) groups excluding carboxylic acids is 1. The molecular formula is C12H23ClN4OS. The van der Waals surface area contributed by atoms with Gasteiger partial charge < -0.3 is 10.6 Å². The molecule has 0 aliphatic rings. The molecular weight excluding hydrogens is 284 g/mol. The fraction of sp³-hybridized carbons (Fsp3) is 0.750. The van der Waals surface area contributed by atoms with E-state index in [1.165, 1.54) is 11.3 Å². The molecule has 1 aromatic heterocycles. The summed E-state index contributed by atoms with van der Waals surface area (Å²) in [4.78, 5) is 11.8. The minimum atomic E-state index is -0.0736. The highest BCUT2D eigenvalue weighted by atomic mass is 35.5. The molecule has 7 heteroatoms. The molecule has 2 N–H and O–H groups in total. The van der Waals surface area contributed by atoms with Gasteiger partial charge in [-0.15, -0.1) is 22.6 Å². The lowest BCUT2D eigenvalue weighted by atomic mass is 10.1. The van der Waals surface area contributed by atoms with Crippen molar-refractivity contribution in [2.45, 2.75) is 39.5 Å². The molecule has 110 valence electrons. The number of amides is 1. The molecule has 1 amide bonds. The van der Waals surface area contributed by atoms with E-state index in [0.29, 0.717) is 17.6 Å². The third kappa shape index (κ3) is 5.42. The van der Waals surface area contributed by atoms with Crippen molar-refractivity contribution in [1.82, 2.24) is 15.5 Å². The Morgan fingerprint density at radius 3 is 2.47 bits per heavy atom. The second-order valence-corrected chi connectivity index (χ2v) is 5.42. The largest absolute Gasteiger partial charge is 0.319 e. The quantitative estimate of drug-likeness (QED) is 0.813. The molecule has 0 saturated heterocycles.